The van der Waals surface area contributed by atoms with Crippen molar-refractivity contribution in [1.29, 1.82) is 0 Å². The van der Waals surface area contributed by atoms with Gasteiger partial charge in [0, 0.05) is 18.7 Å². The molecule has 1 aliphatic heterocycles. The van der Waals surface area contributed by atoms with Crippen molar-refractivity contribution in [2.45, 2.75) is 25.3 Å². The average Bonchev–Trinajstić information content (AvgIpc) is 3.01. The smallest absolute Gasteiger partial charge is 0.249 e. The second-order valence-electron chi connectivity index (χ2n) is 6.27. The molecule has 1 fully saturated rings. The van der Waals surface area contributed by atoms with Gasteiger partial charge in [-0.3, -0.25) is 9.59 Å². The number of carbonyl (C=O) groups is 2. The Bertz CT molecular complexity index is 806. The number of ether oxygens (including phenoxy) is 1. The van der Waals surface area contributed by atoms with Crippen LogP contribution >= 0.6 is 0 Å². The van der Waals surface area contributed by atoms with E-state index in [1.54, 1.807) is 12.0 Å². The number of nitrogen functional groups attached to an aromatic ring is 1. The first-order valence-corrected chi connectivity index (χ1v) is 8.67. The molecule has 0 bridgehead atoms. The fourth-order valence-corrected chi connectivity index (χ4v) is 3.18. The molecule has 1 saturated heterocycles. The lowest BCUT2D eigenvalue weighted by Gasteiger charge is -2.19. The number of rotatable bonds is 6. The summed E-state index contributed by atoms with van der Waals surface area (Å²) in [7, 11) is 1.58. The lowest BCUT2D eigenvalue weighted by atomic mass is 10.1. The monoisotopic (exact) mass is 353 g/mol. The fourth-order valence-electron chi connectivity index (χ4n) is 3.18. The number of benzene rings is 2. The molecular weight excluding hydrogens is 330 g/mol. The summed E-state index contributed by atoms with van der Waals surface area (Å²) in [6.07, 6.45) is 1.43. The van der Waals surface area contributed by atoms with Crippen LogP contribution < -0.4 is 20.7 Å². The lowest BCUT2D eigenvalue weighted by molar-refractivity contribution is -0.126. The van der Waals surface area contributed by atoms with E-state index in [9.17, 15) is 9.59 Å². The van der Waals surface area contributed by atoms with Crippen LogP contribution in [0.1, 0.15) is 18.4 Å². The van der Waals surface area contributed by atoms with Gasteiger partial charge < -0.3 is 20.7 Å². The first-order valence-electron chi connectivity index (χ1n) is 8.67. The molecule has 0 spiro atoms. The first-order chi connectivity index (χ1) is 12.6. The van der Waals surface area contributed by atoms with Gasteiger partial charge in [0.15, 0.2) is 0 Å². The van der Waals surface area contributed by atoms with E-state index in [-0.39, 0.29) is 11.8 Å². The van der Waals surface area contributed by atoms with Gasteiger partial charge in [-0.05, 0) is 36.6 Å². The van der Waals surface area contributed by atoms with E-state index in [0.717, 1.165) is 11.3 Å². The van der Waals surface area contributed by atoms with Gasteiger partial charge in [-0.1, -0.05) is 30.3 Å². The molecule has 6 heteroatoms. The number of nitrogens with one attached hydrogen (secondary N) is 1. The zero-order chi connectivity index (χ0) is 18.5. The van der Waals surface area contributed by atoms with Gasteiger partial charge in [-0.15, -0.1) is 0 Å². The number of nitrogens with zero attached hydrogens (tertiary/aromatic N) is 1. The molecular formula is C20H23N3O3. The van der Waals surface area contributed by atoms with E-state index in [2.05, 4.69) is 5.32 Å². The Balaban J connectivity index is 1.58. The summed E-state index contributed by atoms with van der Waals surface area (Å²) >= 11 is 0. The predicted molar refractivity (Wildman–Crippen MR) is 101 cm³/mol. The van der Waals surface area contributed by atoms with E-state index in [4.69, 9.17) is 10.5 Å². The quantitative estimate of drug-likeness (QED) is 0.779. The van der Waals surface area contributed by atoms with Gasteiger partial charge in [0.05, 0.1) is 12.8 Å². The number of hydrogen-bond donors (Lipinski definition) is 2. The maximum absolute atomic E-state index is 12.7. The van der Waals surface area contributed by atoms with Crippen LogP contribution in [0.15, 0.2) is 48.5 Å². The number of para-hydroxylation sites is 3. The third-order valence-corrected chi connectivity index (χ3v) is 4.59. The summed E-state index contributed by atoms with van der Waals surface area (Å²) in [4.78, 5) is 26.6. The Labute approximate surface area is 152 Å². The molecule has 1 atom stereocenters. The van der Waals surface area contributed by atoms with E-state index in [1.165, 1.54) is 0 Å². The zero-order valence-corrected chi connectivity index (χ0v) is 14.8. The topological polar surface area (TPSA) is 84.7 Å². The zero-order valence-electron chi connectivity index (χ0n) is 14.8. The number of nitrogens with two attached hydrogens (primary N) is 1. The van der Waals surface area contributed by atoms with Crippen molar-refractivity contribution < 1.29 is 14.3 Å². The van der Waals surface area contributed by atoms with Gasteiger partial charge in [0.2, 0.25) is 11.8 Å². The second-order valence-corrected chi connectivity index (χ2v) is 6.27. The SMILES string of the molecule is COc1ccccc1N1CCC(NC(=O)CCc2ccccc2N)C1=O. The van der Waals surface area contributed by atoms with E-state index in [1.807, 2.05) is 48.5 Å². The van der Waals surface area contributed by atoms with Crippen molar-refractivity contribution in [2.75, 3.05) is 24.3 Å². The highest BCUT2D eigenvalue weighted by Gasteiger charge is 2.34. The average molecular weight is 353 g/mol. The van der Waals surface area contributed by atoms with Crippen LogP contribution in [0.4, 0.5) is 11.4 Å². The van der Waals surface area contributed by atoms with E-state index >= 15 is 0 Å². The lowest BCUT2D eigenvalue weighted by Crippen LogP contribution is -2.41. The molecule has 2 amide bonds. The van der Waals surface area contributed by atoms with Gasteiger partial charge in [-0.25, -0.2) is 0 Å². The molecule has 1 unspecified atom stereocenters. The standard InChI is InChI=1S/C20H23N3O3/c1-26-18-9-5-4-8-17(18)23-13-12-16(20(23)25)22-19(24)11-10-14-6-2-3-7-15(14)21/h2-9,16H,10-13,21H2,1H3,(H,22,24). The number of amides is 2. The molecule has 0 saturated carbocycles. The highest BCUT2D eigenvalue weighted by molar-refractivity contribution is 6.02. The normalized spacial score (nSPS) is 16.6. The van der Waals surface area contributed by atoms with Crippen LogP contribution in [-0.2, 0) is 16.0 Å². The van der Waals surface area contributed by atoms with Crippen LogP contribution in [0.5, 0.6) is 5.75 Å². The molecule has 26 heavy (non-hydrogen) atoms. The van der Waals surface area contributed by atoms with Crippen LogP contribution in [0.25, 0.3) is 0 Å². The van der Waals surface area contributed by atoms with Crippen molar-refractivity contribution in [3.63, 3.8) is 0 Å². The van der Waals surface area contributed by atoms with Gasteiger partial charge >= 0.3 is 0 Å². The molecule has 0 aliphatic carbocycles. The number of anilines is 2. The minimum absolute atomic E-state index is 0.109. The molecule has 136 valence electrons. The summed E-state index contributed by atoms with van der Waals surface area (Å²) in [5, 5.41) is 2.84. The van der Waals surface area contributed by atoms with Crippen LogP contribution in [-0.4, -0.2) is 31.5 Å². The summed E-state index contributed by atoms with van der Waals surface area (Å²) in [6, 6.07) is 14.4. The molecule has 0 radical (unpaired) electrons. The van der Waals surface area contributed by atoms with E-state index < -0.39 is 6.04 Å². The molecule has 0 aromatic heterocycles. The molecule has 1 heterocycles. The maximum atomic E-state index is 12.7. The minimum Gasteiger partial charge on any atom is -0.495 e. The van der Waals surface area contributed by atoms with Gasteiger partial charge in [-0.2, -0.15) is 0 Å². The number of carbonyl (C=O) groups excluding carboxylic acids is 2. The summed E-state index contributed by atoms with van der Waals surface area (Å²) < 4.78 is 5.33. The third kappa shape index (κ3) is 3.79. The highest BCUT2D eigenvalue weighted by Crippen LogP contribution is 2.31. The largest absolute Gasteiger partial charge is 0.495 e. The fraction of sp³-hybridized carbons (Fsp3) is 0.300. The molecule has 2 aromatic carbocycles. The van der Waals surface area contributed by atoms with Crippen molar-refractivity contribution >= 4 is 23.2 Å². The van der Waals surface area contributed by atoms with Gasteiger partial charge in [0.25, 0.3) is 0 Å². The Morgan fingerprint density at radius 2 is 1.96 bits per heavy atom. The molecule has 6 nitrogen and oxygen atoms in total. The summed E-state index contributed by atoms with van der Waals surface area (Å²) in [5.41, 5.74) is 8.25. The van der Waals surface area contributed by atoms with Crippen molar-refractivity contribution in [3.05, 3.63) is 54.1 Å². The maximum Gasteiger partial charge on any atom is 0.249 e. The highest BCUT2D eigenvalue weighted by atomic mass is 16.5. The minimum atomic E-state index is -0.500. The third-order valence-electron chi connectivity index (χ3n) is 4.59. The van der Waals surface area contributed by atoms with Crippen LogP contribution in [0.3, 0.4) is 0 Å². The van der Waals surface area contributed by atoms with Crippen molar-refractivity contribution in [1.82, 2.24) is 5.32 Å². The number of aryl methyl sites for hydroxylation is 1. The van der Waals surface area contributed by atoms with Crippen LogP contribution in [0.2, 0.25) is 0 Å². The number of hydrogen-bond acceptors (Lipinski definition) is 4. The van der Waals surface area contributed by atoms with Gasteiger partial charge in [0.1, 0.15) is 11.8 Å². The first kappa shape index (κ1) is 17.8. The molecule has 3 rings (SSSR count). The summed E-state index contributed by atoms with van der Waals surface area (Å²) in [5.74, 6) is 0.392. The Morgan fingerprint density at radius 3 is 2.73 bits per heavy atom. The second kappa shape index (κ2) is 7.91. The Hall–Kier alpha value is -3.02. The molecule has 3 N–H and O–H groups in total. The summed E-state index contributed by atoms with van der Waals surface area (Å²) in [6.45, 7) is 0.551. The molecule has 2 aromatic rings. The predicted octanol–water partition coefficient (Wildman–Crippen LogP) is 2.13. The van der Waals surface area contributed by atoms with Crippen molar-refractivity contribution in [2.24, 2.45) is 0 Å². The van der Waals surface area contributed by atoms with E-state index in [0.29, 0.717) is 37.2 Å². The molecule has 1 aliphatic rings. The van der Waals surface area contributed by atoms with Crippen molar-refractivity contribution in [3.8, 4) is 5.75 Å². The number of methoxy groups -OCH3 is 1. The Kier molecular flexibility index (Phi) is 5.41. The Morgan fingerprint density at radius 1 is 1.23 bits per heavy atom. The van der Waals surface area contributed by atoms with Crippen LogP contribution in [0, 0.1) is 0 Å².